The van der Waals surface area contributed by atoms with Crippen molar-refractivity contribution in [1.82, 2.24) is 14.5 Å². The average Bonchev–Trinajstić information content (AvgIpc) is 3.09. The second-order valence-corrected chi connectivity index (χ2v) is 8.94. The van der Waals surface area contributed by atoms with E-state index in [1.807, 2.05) is 13.0 Å². The van der Waals surface area contributed by atoms with E-state index < -0.39 is 10.0 Å². The van der Waals surface area contributed by atoms with Crippen LogP contribution in [0.25, 0.3) is 10.9 Å². The number of nitrogens with one attached hydrogen (secondary N) is 2. The Morgan fingerprint density at radius 3 is 2.42 bits per heavy atom. The van der Waals surface area contributed by atoms with Gasteiger partial charge in [0, 0.05) is 41.1 Å². The summed E-state index contributed by atoms with van der Waals surface area (Å²) in [6.07, 6.45) is 2.87. The Labute approximate surface area is 184 Å². The van der Waals surface area contributed by atoms with Gasteiger partial charge >= 0.3 is 0 Å². The van der Waals surface area contributed by atoms with Gasteiger partial charge in [-0.2, -0.15) is 0 Å². The lowest BCUT2D eigenvalue weighted by molar-refractivity contribution is 0.101. The van der Waals surface area contributed by atoms with E-state index in [-0.39, 0.29) is 16.8 Å². The molecule has 2 heterocycles. The topological polar surface area (TPSA) is 106 Å². The Balaban J connectivity index is 1.54. The molecule has 0 saturated carbocycles. The molecule has 0 saturated heterocycles. The van der Waals surface area contributed by atoms with Crippen LogP contribution in [0.2, 0.25) is 5.02 Å². The highest BCUT2D eigenvalue weighted by Gasteiger charge is 2.18. The molecule has 0 fully saturated rings. The van der Waals surface area contributed by atoms with Gasteiger partial charge in [-0.15, -0.1) is 0 Å². The number of aromatic nitrogens is 3. The van der Waals surface area contributed by atoms with Crippen LogP contribution in [0.4, 0.5) is 11.6 Å². The van der Waals surface area contributed by atoms with Crippen LogP contribution in [-0.2, 0) is 17.1 Å². The largest absolute Gasteiger partial charge is 0.340 e. The van der Waals surface area contributed by atoms with Crippen LogP contribution in [0, 0.1) is 6.92 Å². The zero-order chi connectivity index (χ0) is 22.2. The van der Waals surface area contributed by atoms with E-state index in [4.69, 9.17) is 11.6 Å². The number of rotatable bonds is 5. The standard InChI is InChI=1S/C21H18ClN5O3S/c1-13-16-12-19(27(2)18(16)9-8-17(13)22)20(28)25-14-4-6-15(7-5-14)31(29,30)26-21-23-10-3-11-24-21/h3-12H,1-2H3,(H,25,28)(H,23,24,26). The number of aryl methyl sites for hydroxylation is 2. The zero-order valence-corrected chi connectivity index (χ0v) is 18.2. The minimum Gasteiger partial charge on any atom is -0.340 e. The first kappa shape index (κ1) is 20.8. The van der Waals surface area contributed by atoms with Gasteiger partial charge in [0.15, 0.2) is 0 Å². The number of fused-ring (bicyclic) bond motifs is 1. The average molecular weight is 456 g/mol. The molecule has 158 valence electrons. The second kappa shape index (κ2) is 8.01. The number of carbonyl (C=O) groups excluding carboxylic acids is 1. The quantitative estimate of drug-likeness (QED) is 0.473. The molecule has 0 aliphatic carbocycles. The molecular weight excluding hydrogens is 438 g/mol. The third-order valence-electron chi connectivity index (χ3n) is 4.88. The molecule has 4 rings (SSSR count). The van der Waals surface area contributed by atoms with Gasteiger partial charge in [-0.25, -0.2) is 23.1 Å². The first-order valence-electron chi connectivity index (χ1n) is 9.22. The Morgan fingerprint density at radius 1 is 1.06 bits per heavy atom. The molecule has 0 aliphatic heterocycles. The molecule has 4 aromatic rings. The number of hydrogen-bond donors (Lipinski definition) is 2. The Bertz CT molecular complexity index is 1380. The summed E-state index contributed by atoms with van der Waals surface area (Å²) in [5.74, 6) is -0.341. The normalized spacial score (nSPS) is 11.5. The molecular formula is C21H18ClN5O3S. The lowest BCUT2D eigenvalue weighted by atomic mass is 10.1. The summed E-state index contributed by atoms with van der Waals surface area (Å²) >= 11 is 6.19. The van der Waals surface area contributed by atoms with Crippen LogP contribution in [-0.4, -0.2) is 28.9 Å². The van der Waals surface area contributed by atoms with Gasteiger partial charge in [-0.1, -0.05) is 11.6 Å². The van der Waals surface area contributed by atoms with E-state index in [0.29, 0.717) is 16.4 Å². The molecule has 31 heavy (non-hydrogen) atoms. The first-order valence-corrected chi connectivity index (χ1v) is 11.1. The summed E-state index contributed by atoms with van der Waals surface area (Å²) in [5.41, 5.74) is 2.71. The van der Waals surface area contributed by atoms with E-state index >= 15 is 0 Å². The fraction of sp³-hybridized carbons (Fsp3) is 0.0952. The summed E-state index contributed by atoms with van der Waals surface area (Å²) < 4.78 is 29.0. The minimum atomic E-state index is -3.85. The lowest BCUT2D eigenvalue weighted by Gasteiger charge is -2.09. The SMILES string of the molecule is Cc1c(Cl)ccc2c1cc(C(=O)Nc1ccc(S(=O)(=O)Nc3ncccn3)cc1)n2C. The fourth-order valence-electron chi connectivity index (χ4n) is 3.19. The molecule has 0 aliphatic rings. The molecule has 10 heteroatoms. The van der Waals surface area contributed by atoms with Gasteiger partial charge < -0.3 is 9.88 Å². The molecule has 8 nitrogen and oxygen atoms in total. The highest BCUT2D eigenvalue weighted by atomic mass is 35.5. The maximum Gasteiger partial charge on any atom is 0.272 e. The van der Waals surface area contributed by atoms with Gasteiger partial charge in [0.25, 0.3) is 15.9 Å². The van der Waals surface area contributed by atoms with Crippen molar-refractivity contribution in [2.45, 2.75) is 11.8 Å². The number of hydrogen-bond acceptors (Lipinski definition) is 5. The van der Waals surface area contributed by atoms with E-state index in [9.17, 15) is 13.2 Å². The van der Waals surface area contributed by atoms with Crippen LogP contribution in [0.1, 0.15) is 16.1 Å². The first-order chi connectivity index (χ1) is 14.8. The predicted molar refractivity (Wildman–Crippen MR) is 120 cm³/mol. The summed E-state index contributed by atoms with van der Waals surface area (Å²) in [6.45, 7) is 1.90. The van der Waals surface area contributed by atoms with Crippen LogP contribution in [0.5, 0.6) is 0 Å². The van der Waals surface area contributed by atoms with E-state index in [2.05, 4.69) is 20.0 Å². The molecule has 2 aromatic heterocycles. The van der Waals surface area contributed by atoms with E-state index in [1.54, 1.807) is 29.8 Å². The lowest BCUT2D eigenvalue weighted by Crippen LogP contribution is -2.16. The van der Waals surface area contributed by atoms with Crippen molar-refractivity contribution >= 4 is 50.1 Å². The Kier molecular flexibility index (Phi) is 5.38. The maximum absolute atomic E-state index is 12.8. The smallest absolute Gasteiger partial charge is 0.272 e. The molecule has 0 radical (unpaired) electrons. The maximum atomic E-state index is 12.8. The summed E-state index contributed by atoms with van der Waals surface area (Å²) in [6, 6.07) is 12.9. The number of halogens is 1. The van der Waals surface area contributed by atoms with Crippen LogP contribution >= 0.6 is 11.6 Å². The van der Waals surface area contributed by atoms with Crippen LogP contribution in [0.15, 0.2) is 65.8 Å². The number of nitrogens with zero attached hydrogens (tertiary/aromatic N) is 3. The van der Waals surface area contributed by atoms with Gasteiger partial charge in [-0.3, -0.25) is 4.79 Å². The van der Waals surface area contributed by atoms with Crippen molar-refractivity contribution < 1.29 is 13.2 Å². The third kappa shape index (κ3) is 4.10. The van der Waals surface area contributed by atoms with E-state index in [1.165, 1.54) is 36.7 Å². The van der Waals surface area contributed by atoms with E-state index in [0.717, 1.165) is 16.5 Å². The van der Waals surface area contributed by atoms with Crippen molar-refractivity contribution in [2.24, 2.45) is 7.05 Å². The van der Waals surface area contributed by atoms with Crippen molar-refractivity contribution in [3.63, 3.8) is 0 Å². The number of sulfonamides is 1. The molecule has 2 N–H and O–H groups in total. The highest BCUT2D eigenvalue weighted by Crippen LogP contribution is 2.28. The number of anilines is 2. The number of carbonyl (C=O) groups is 1. The van der Waals surface area contributed by atoms with Gasteiger partial charge in [0.05, 0.1) is 4.90 Å². The minimum absolute atomic E-state index is 0.0211. The predicted octanol–water partition coefficient (Wildman–Crippen LogP) is 3.98. The van der Waals surface area contributed by atoms with Crippen molar-refractivity contribution in [3.05, 3.63) is 77.2 Å². The second-order valence-electron chi connectivity index (χ2n) is 6.85. The zero-order valence-electron chi connectivity index (χ0n) is 16.6. The molecule has 0 spiro atoms. The molecule has 2 aromatic carbocycles. The monoisotopic (exact) mass is 455 g/mol. The van der Waals surface area contributed by atoms with Crippen LogP contribution < -0.4 is 10.0 Å². The molecule has 0 bridgehead atoms. The fourth-order valence-corrected chi connectivity index (χ4v) is 4.31. The summed E-state index contributed by atoms with van der Waals surface area (Å²) in [4.78, 5) is 20.5. The Morgan fingerprint density at radius 2 is 1.74 bits per heavy atom. The van der Waals surface area contributed by atoms with Gasteiger partial charge in [-0.05, 0) is 61.0 Å². The number of benzene rings is 2. The third-order valence-corrected chi connectivity index (χ3v) is 6.63. The van der Waals surface area contributed by atoms with Crippen molar-refractivity contribution in [1.29, 1.82) is 0 Å². The molecule has 0 unspecified atom stereocenters. The highest BCUT2D eigenvalue weighted by molar-refractivity contribution is 7.92. The Hall–Kier alpha value is -3.43. The summed E-state index contributed by atoms with van der Waals surface area (Å²) in [5, 5.41) is 4.32. The number of amides is 1. The molecule has 1 amide bonds. The molecule has 0 atom stereocenters. The van der Waals surface area contributed by atoms with Crippen molar-refractivity contribution in [3.8, 4) is 0 Å². The van der Waals surface area contributed by atoms with Crippen molar-refractivity contribution in [2.75, 3.05) is 10.0 Å². The summed E-state index contributed by atoms with van der Waals surface area (Å²) in [7, 11) is -2.04. The van der Waals surface area contributed by atoms with Crippen LogP contribution in [0.3, 0.4) is 0 Å². The van der Waals surface area contributed by atoms with Gasteiger partial charge in [0.2, 0.25) is 5.95 Å². The van der Waals surface area contributed by atoms with Gasteiger partial charge in [0.1, 0.15) is 5.69 Å².